The smallest absolute Gasteiger partial charge is 0.166 e. The molecule has 1 heterocycles. The van der Waals surface area contributed by atoms with E-state index in [9.17, 15) is 13.2 Å². The van der Waals surface area contributed by atoms with Crippen molar-refractivity contribution < 1.29 is 13.2 Å². The van der Waals surface area contributed by atoms with Gasteiger partial charge in [0.05, 0.1) is 5.69 Å². The Bertz CT molecular complexity index is 949. The van der Waals surface area contributed by atoms with Gasteiger partial charge in [-0.3, -0.25) is 4.98 Å². The predicted molar refractivity (Wildman–Crippen MR) is 108 cm³/mol. The number of halogens is 3. The molecule has 3 aromatic rings. The Balaban J connectivity index is 1.88. The molecule has 0 saturated carbocycles. The van der Waals surface area contributed by atoms with Crippen LogP contribution in [0, 0.1) is 17.5 Å². The Morgan fingerprint density at radius 1 is 0.786 bits per heavy atom. The summed E-state index contributed by atoms with van der Waals surface area (Å²) in [4.78, 5) is 4.28. The van der Waals surface area contributed by atoms with Crippen LogP contribution in [0.5, 0.6) is 0 Å². The molecule has 2 aromatic carbocycles. The fourth-order valence-corrected chi connectivity index (χ4v) is 3.30. The molecule has 146 valence electrons. The number of hydrogen-bond acceptors (Lipinski definition) is 1. The fraction of sp³-hybridized carbons (Fsp3) is 0.292. The van der Waals surface area contributed by atoms with Gasteiger partial charge < -0.3 is 0 Å². The molecule has 1 aromatic heterocycles. The van der Waals surface area contributed by atoms with Crippen LogP contribution in [-0.2, 0) is 12.8 Å². The molecule has 0 saturated heterocycles. The molecule has 0 radical (unpaired) electrons. The van der Waals surface area contributed by atoms with Gasteiger partial charge in [-0.2, -0.15) is 0 Å². The minimum absolute atomic E-state index is 0.163. The van der Waals surface area contributed by atoms with E-state index in [2.05, 4.69) is 4.98 Å². The van der Waals surface area contributed by atoms with E-state index in [4.69, 9.17) is 0 Å². The molecular weight excluding hydrogens is 359 g/mol. The Hall–Kier alpha value is -2.62. The van der Waals surface area contributed by atoms with Gasteiger partial charge in [-0.1, -0.05) is 51.0 Å². The van der Waals surface area contributed by atoms with E-state index >= 15 is 0 Å². The zero-order valence-electron chi connectivity index (χ0n) is 16.2. The average molecular weight is 383 g/mol. The van der Waals surface area contributed by atoms with Crippen LogP contribution in [-0.4, -0.2) is 4.98 Å². The highest BCUT2D eigenvalue weighted by Crippen LogP contribution is 2.29. The van der Waals surface area contributed by atoms with Crippen molar-refractivity contribution in [2.45, 2.75) is 46.0 Å². The number of pyridine rings is 1. The number of benzene rings is 2. The molecule has 0 N–H and O–H groups in total. The minimum atomic E-state index is -0.863. The third-order valence-electron chi connectivity index (χ3n) is 4.88. The summed E-state index contributed by atoms with van der Waals surface area (Å²) in [6, 6.07) is 11.6. The van der Waals surface area contributed by atoms with Crippen molar-refractivity contribution in [2.75, 3.05) is 0 Å². The summed E-state index contributed by atoms with van der Waals surface area (Å²) >= 11 is 0. The second-order valence-corrected chi connectivity index (χ2v) is 7.00. The summed E-state index contributed by atoms with van der Waals surface area (Å²) in [6.45, 7) is 4.06. The van der Waals surface area contributed by atoms with E-state index in [1.165, 1.54) is 12.3 Å². The van der Waals surface area contributed by atoms with Gasteiger partial charge in [0.25, 0.3) is 0 Å². The van der Waals surface area contributed by atoms with Crippen LogP contribution in [0.15, 0.2) is 48.7 Å². The van der Waals surface area contributed by atoms with Crippen molar-refractivity contribution in [3.8, 4) is 22.4 Å². The Morgan fingerprint density at radius 2 is 1.57 bits per heavy atom. The molecule has 0 atom stereocenters. The monoisotopic (exact) mass is 383 g/mol. The number of aryl methyl sites for hydroxylation is 2. The predicted octanol–water partition coefficient (Wildman–Crippen LogP) is 7.13. The van der Waals surface area contributed by atoms with Crippen LogP contribution in [0.25, 0.3) is 22.4 Å². The topological polar surface area (TPSA) is 12.9 Å². The van der Waals surface area contributed by atoms with Crippen molar-refractivity contribution in [2.24, 2.45) is 0 Å². The van der Waals surface area contributed by atoms with E-state index in [0.717, 1.165) is 31.2 Å². The number of rotatable bonds is 7. The van der Waals surface area contributed by atoms with Gasteiger partial charge in [0, 0.05) is 22.9 Å². The first kappa shape index (κ1) is 20.1. The normalized spacial score (nSPS) is 11.0. The first-order valence-corrected chi connectivity index (χ1v) is 9.77. The first-order valence-electron chi connectivity index (χ1n) is 9.77. The molecule has 4 heteroatoms. The molecule has 0 aliphatic carbocycles. The quantitative estimate of drug-likeness (QED) is 0.423. The maximum absolute atomic E-state index is 14.5. The van der Waals surface area contributed by atoms with Gasteiger partial charge in [0.2, 0.25) is 0 Å². The number of hydrogen-bond donors (Lipinski definition) is 0. The molecule has 0 spiro atoms. The SMILES string of the molecule is CCCCc1ccc(-c2ccc(-c3ccc(CCC)cc3F)nc2)c(F)c1F. The van der Waals surface area contributed by atoms with E-state index in [0.29, 0.717) is 28.8 Å². The maximum atomic E-state index is 14.5. The third-order valence-corrected chi connectivity index (χ3v) is 4.88. The lowest BCUT2D eigenvalue weighted by molar-refractivity contribution is 0.499. The maximum Gasteiger partial charge on any atom is 0.166 e. The number of nitrogens with zero attached hydrogens (tertiary/aromatic N) is 1. The minimum Gasteiger partial charge on any atom is -0.256 e. The highest BCUT2D eigenvalue weighted by atomic mass is 19.2. The molecule has 0 bridgehead atoms. The molecule has 0 unspecified atom stereocenters. The third kappa shape index (κ3) is 4.27. The summed E-state index contributed by atoms with van der Waals surface area (Å²) in [6.07, 6.45) is 5.48. The van der Waals surface area contributed by atoms with Crippen molar-refractivity contribution >= 4 is 0 Å². The van der Waals surface area contributed by atoms with Crippen molar-refractivity contribution in [3.05, 3.63) is 77.2 Å². The van der Waals surface area contributed by atoms with Crippen LogP contribution in [0.3, 0.4) is 0 Å². The fourth-order valence-electron chi connectivity index (χ4n) is 3.30. The number of aromatic nitrogens is 1. The highest BCUT2D eigenvalue weighted by molar-refractivity contribution is 5.68. The van der Waals surface area contributed by atoms with Crippen molar-refractivity contribution in [3.63, 3.8) is 0 Å². The largest absolute Gasteiger partial charge is 0.256 e. The van der Waals surface area contributed by atoms with Gasteiger partial charge in [0.15, 0.2) is 11.6 Å². The molecule has 3 rings (SSSR count). The van der Waals surface area contributed by atoms with Gasteiger partial charge in [-0.05, 0) is 48.6 Å². The van der Waals surface area contributed by atoms with Gasteiger partial charge >= 0.3 is 0 Å². The summed E-state index contributed by atoms with van der Waals surface area (Å²) in [5, 5.41) is 0. The van der Waals surface area contributed by atoms with Crippen LogP contribution >= 0.6 is 0 Å². The molecular formula is C24H24F3N. The van der Waals surface area contributed by atoms with Crippen LogP contribution in [0.4, 0.5) is 13.2 Å². The summed E-state index contributed by atoms with van der Waals surface area (Å²) < 4.78 is 43.2. The summed E-state index contributed by atoms with van der Waals surface area (Å²) in [5.41, 5.74) is 2.82. The number of unbranched alkanes of at least 4 members (excludes halogenated alkanes) is 1. The summed E-state index contributed by atoms with van der Waals surface area (Å²) in [5.74, 6) is -1.99. The van der Waals surface area contributed by atoms with E-state index in [-0.39, 0.29) is 11.4 Å². The molecule has 0 aliphatic heterocycles. The van der Waals surface area contributed by atoms with E-state index < -0.39 is 11.6 Å². The average Bonchev–Trinajstić information content (AvgIpc) is 2.70. The Kier molecular flexibility index (Phi) is 6.50. The highest BCUT2D eigenvalue weighted by Gasteiger charge is 2.15. The van der Waals surface area contributed by atoms with E-state index in [1.807, 2.05) is 19.9 Å². The van der Waals surface area contributed by atoms with Crippen LogP contribution < -0.4 is 0 Å². The van der Waals surface area contributed by atoms with Crippen LogP contribution in [0.2, 0.25) is 0 Å². The second-order valence-electron chi connectivity index (χ2n) is 7.00. The lowest BCUT2D eigenvalue weighted by Crippen LogP contribution is -1.98. The lowest BCUT2D eigenvalue weighted by atomic mass is 10.00. The van der Waals surface area contributed by atoms with Crippen molar-refractivity contribution in [1.29, 1.82) is 0 Å². The standard InChI is InChI=1S/C24H24F3N/c1-3-5-7-17-9-12-19(24(27)23(17)26)18-10-13-22(28-15-18)20-11-8-16(6-4-2)14-21(20)25/h8-15H,3-7H2,1-2H3. The summed E-state index contributed by atoms with van der Waals surface area (Å²) in [7, 11) is 0. The Labute approximate surface area is 164 Å². The first-order chi connectivity index (χ1) is 13.5. The van der Waals surface area contributed by atoms with E-state index in [1.54, 1.807) is 30.3 Å². The molecule has 0 aliphatic rings. The molecule has 0 amide bonds. The van der Waals surface area contributed by atoms with Gasteiger partial charge in [0.1, 0.15) is 5.82 Å². The zero-order chi connectivity index (χ0) is 20.1. The van der Waals surface area contributed by atoms with Crippen LogP contribution in [0.1, 0.15) is 44.2 Å². The van der Waals surface area contributed by atoms with Crippen molar-refractivity contribution in [1.82, 2.24) is 4.98 Å². The Morgan fingerprint density at radius 3 is 2.21 bits per heavy atom. The molecule has 0 fully saturated rings. The van der Waals surface area contributed by atoms with Gasteiger partial charge in [-0.25, -0.2) is 13.2 Å². The molecule has 1 nitrogen and oxygen atoms in total. The lowest BCUT2D eigenvalue weighted by Gasteiger charge is -2.10. The molecule has 28 heavy (non-hydrogen) atoms. The van der Waals surface area contributed by atoms with Gasteiger partial charge in [-0.15, -0.1) is 0 Å². The second kappa shape index (κ2) is 9.05. The zero-order valence-corrected chi connectivity index (χ0v) is 16.2.